The van der Waals surface area contributed by atoms with E-state index in [-0.39, 0.29) is 16.7 Å². The minimum Gasteiger partial charge on any atom is -0.325 e. The molecule has 1 amide bonds. The van der Waals surface area contributed by atoms with Gasteiger partial charge in [-0.05, 0) is 25.0 Å². The summed E-state index contributed by atoms with van der Waals surface area (Å²) in [5.74, 6) is -0.0243. The van der Waals surface area contributed by atoms with Gasteiger partial charge in [0.25, 0.3) is 0 Å². The van der Waals surface area contributed by atoms with Crippen LogP contribution >= 0.6 is 0 Å². The molecule has 1 saturated carbocycles. The molecule has 0 spiro atoms. The van der Waals surface area contributed by atoms with Crippen LogP contribution < -0.4 is 5.32 Å². The molecule has 2 rings (SSSR count). The molecule has 16 heavy (non-hydrogen) atoms. The first-order valence-corrected chi connectivity index (χ1v) is 6.97. The molecule has 1 fully saturated rings. The van der Waals surface area contributed by atoms with Crippen LogP contribution in [0.4, 0.5) is 5.69 Å². The smallest absolute Gasteiger partial charge is 0.227 e. The minimum atomic E-state index is -3.30. The van der Waals surface area contributed by atoms with Crippen LogP contribution in [0.1, 0.15) is 12.8 Å². The van der Waals surface area contributed by atoms with Crippen molar-refractivity contribution in [3.63, 3.8) is 0 Å². The Bertz CT molecular complexity index is 518. The fraction of sp³-hybridized carbons (Fsp3) is 0.364. The van der Waals surface area contributed by atoms with Gasteiger partial charge in [0.15, 0.2) is 9.84 Å². The summed E-state index contributed by atoms with van der Waals surface area (Å²) in [5, 5.41) is 2.66. The molecule has 1 aromatic rings. The number of amides is 1. The van der Waals surface area contributed by atoms with E-state index in [2.05, 4.69) is 5.32 Å². The number of benzene rings is 1. The van der Waals surface area contributed by atoms with Crippen LogP contribution in [0.3, 0.4) is 0 Å². The summed E-state index contributed by atoms with van der Waals surface area (Å²) in [6.07, 6.45) is 2.93. The topological polar surface area (TPSA) is 63.2 Å². The van der Waals surface area contributed by atoms with Gasteiger partial charge in [-0.15, -0.1) is 0 Å². The zero-order valence-corrected chi connectivity index (χ0v) is 9.75. The van der Waals surface area contributed by atoms with E-state index in [4.69, 9.17) is 0 Å². The van der Waals surface area contributed by atoms with Crippen molar-refractivity contribution in [2.75, 3.05) is 11.6 Å². The van der Waals surface area contributed by atoms with E-state index in [1.54, 1.807) is 18.2 Å². The zero-order valence-electron chi connectivity index (χ0n) is 8.93. The summed E-state index contributed by atoms with van der Waals surface area (Å²) < 4.78 is 22.9. The summed E-state index contributed by atoms with van der Waals surface area (Å²) in [5.41, 5.74) is 0.377. The lowest BCUT2D eigenvalue weighted by molar-refractivity contribution is -0.117. The molecule has 4 nitrogen and oxygen atoms in total. The Hall–Kier alpha value is -1.36. The Morgan fingerprint density at radius 3 is 2.50 bits per heavy atom. The minimum absolute atomic E-state index is 0.0626. The Labute approximate surface area is 94.6 Å². The van der Waals surface area contributed by atoms with E-state index in [9.17, 15) is 13.2 Å². The van der Waals surface area contributed by atoms with Crippen molar-refractivity contribution in [3.05, 3.63) is 24.3 Å². The number of sulfone groups is 1. The predicted molar refractivity (Wildman–Crippen MR) is 60.9 cm³/mol. The van der Waals surface area contributed by atoms with E-state index in [1.165, 1.54) is 6.07 Å². The lowest BCUT2D eigenvalue weighted by Crippen LogP contribution is -2.15. The highest BCUT2D eigenvalue weighted by Crippen LogP contribution is 2.31. The summed E-state index contributed by atoms with van der Waals surface area (Å²) in [7, 11) is -3.30. The molecule has 5 heteroatoms. The molecular formula is C11H13NO3S. The van der Waals surface area contributed by atoms with Crippen LogP contribution in [0, 0.1) is 5.92 Å². The molecule has 0 heterocycles. The first-order chi connectivity index (χ1) is 7.48. The maximum absolute atomic E-state index is 11.5. The van der Waals surface area contributed by atoms with Gasteiger partial charge in [0.05, 0.1) is 10.6 Å². The Kier molecular flexibility index (Phi) is 2.71. The number of nitrogens with one attached hydrogen (secondary N) is 1. The molecule has 0 saturated heterocycles. The predicted octanol–water partition coefficient (Wildman–Crippen LogP) is 1.44. The second kappa shape index (κ2) is 3.90. The number of carbonyl (C=O) groups is 1. The molecular weight excluding hydrogens is 226 g/mol. The van der Waals surface area contributed by atoms with Crippen molar-refractivity contribution in [1.29, 1.82) is 0 Å². The highest BCUT2D eigenvalue weighted by atomic mass is 32.2. The van der Waals surface area contributed by atoms with Gasteiger partial charge in [-0.25, -0.2) is 8.42 Å². The van der Waals surface area contributed by atoms with Crippen molar-refractivity contribution < 1.29 is 13.2 Å². The van der Waals surface area contributed by atoms with Crippen molar-refractivity contribution in [1.82, 2.24) is 0 Å². The number of hydrogen-bond donors (Lipinski definition) is 1. The number of rotatable bonds is 3. The van der Waals surface area contributed by atoms with Crippen LogP contribution in [0.25, 0.3) is 0 Å². The molecule has 0 atom stereocenters. The van der Waals surface area contributed by atoms with Gasteiger partial charge < -0.3 is 5.32 Å². The zero-order chi connectivity index (χ0) is 11.8. The van der Waals surface area contributed by atoms with E-state index in [1.807, 2.05) is 0 Å². The van der Waals surface area contributed by atoms with Crippen LogP contribution in [0.5, 0.6) is 0 Å². The third kappa shape index (κ3) is 2.41. The molecule has 86 valence electrons. The highest BCUT2D eigenvalue weighted by molar-refractivity contribution is 7.90. The second-order valence-corrected chi connectivity index (χ2v) is 6.02. The molecule has 1 aliphatic rings. The van der Waals surface area contributed by atoms with Gasteiger partial charge in [-0.2, -0.15) is 0 Å². The Morgan fingerprint density at radius 1 is 1.31 bits per heavy atom. The summed E-state index contributed by atoms with van der Waals surface area (Å²) in [6.45, 7) is 0. The molecule has 0 aliphatic heterocycles. The van der Waals surface area contributed by atoms with Gasteiger partial charge >= 0.3 is 0 Å². The van der Waals surface area contributed by atoms with E-state index in [0.29, 0.717) is 5.69 Å². The van der Waals surface area contributed by atoms with Crippen molar-refractivity contribution in [2.24, 2.45) is 5.92 Å². The quantitative estimate of drug-likeness (QED) is 0.868. The normalized spacial score (nSPS) is 15.8. The third-order valence-corrected chi connectivity index (χ3v) is 3.65. The number of hydrogen-bond acceptors (Lipinski definition) is 3. The molecule has 1 N–H and O–H groups in total. The van der Waals surface area contributed by atoms with Gasteiger partial charge in [-0.1, -0.05) is 12.1 Å². The van der Waals surface area contributed by atoms with Gasteiger partial charge in [0, 0.05) is 12.2 Å². The first-order valence-electron chi connectivity index (χ1n) is 5.08. The van der Waals surface area contributed by atoms with Crippen LogP contribution in [0.2, 0.25) is 0 Å². The lowest BCUT2D eigenvalue weighted by atomic mass is 10.3. The summed E-state index contributed by atoms with van der Waals surface area (Å²) in [6, 6.07) is 6.45. The van der Waals surface area contributed by atoms with Crippen LogP contribution in [-0.4, -0.2) is 20.6 Å². The highest BCUT2D eigenvalue weighted by Gasteiger charge is 2.30. The van der Waals surface area contributed by atoms with Crippen molar-refractivity contribution in [3.8, 4) is 0 Å². The van der Waals surface area contributed by atoms with Gasteiger partial charge in [-0.3, -0.25) is 4.79 Å². The second-order valence-electron chi connectivity index (χ2n) is 4.03. The molecule has 1 aromatic carbocycles. The maximum Gasteiger partial charge on any atom is 0.227 e. The molecule has 0 aromatic heterocycles. The monoisotopic (exact) mass is 239 g/mol. The average Bonchev–Trinajstić information content (AvgIpc) is 2.99. The van der Waals surface area contributed by atoms with Crippen LogP contribution in [-0.2, 0) is 14.6 Å². The van der Waals surface area contributed by atoms with E-state index < -0.39 is 9.84 Å². The van der Waals surface area contributed by atoms with E-state index in [0.717, 1.165) is 19.1 Å². The molecule has 1 aliphatic carbocycles. The lowest BCUT2D eigenvalue weighted by Gasteiger charge is -2.08. The van der Waals surface area contributed by atoms with Gasteiger partial charge in [0.2, 0.25) is 5.91 Å². The molecule has 0 radical (unpaired) electrons. The SMILES string of the molecule is CS(=O)(=O)c1ccccc1NC(=O)C1CC1. The first kappa shape index (κ1) is 11.1. The molecule has 0 bridgehead atoms. The van der Waals surface area contributed by atoms with Crippen molar-refractivity contribution >= 4 is 21.4 Å². The van der Waals surface area contributed by atoms with E-state index >= 15 is 0 Å². The largest absolute Gasteiger partial charge is 0.325 e. The summed E-state index contributed by atoms with van der Waals surface area (Å²) >= 11 is 0. The fourth-order valence-corrected chi connectivity index (χ4v) is 2.32. The maximum atomic E-state index is 11.5. The summed E-state index contributed by atoms with van der Waals surface area (Å²) in [4.78, 5) is 11.7. The Morgan fingerprint density at radius 2 is 1.94 bits per heavy atom. The average molecular weight is 239 g/mol. The van der Waals surface area contributed by atoms with Crippen LogP contribution in [0.15, 0.2) is 29.2 Å². The Balaban J connectivity index is 2.29. The van der Waals surface area contributed by atoms with Crippen molar-refractivity contribution in [2.45, 2.75) is 17.7 Å². The standard InChI is InChI=1S/C11H13NO3S/c1-16(14,15)10-5-3-2-4-9(10)12-11(13)8-6-7-8/h2-5,8H,6-7H2,1H3,(H,12,13). The number of carbonyl (C=O) groups excluding carboxylic acids is 1. The van der Waals surface area contributed by atoms with Gasteiger partial charge in [0.1, 0.15) is 0 Å². The fourth-order valence-electron chi connectivity index (χ4n) is 1.47. The molecule has 0 unspecified atom stereocenters. The number of para-hydroxylation sites is 1. The number of anilines is 1. The third-order valence-electron chi connectivity index (χ3n) is 2.49.